The first-order valence-electron chi connectivity index (χ1n) is 7.70. The van der Waals surface area contributed by atoms with Crippen LogP contribution in [0.5, 0.6) is 0 Å². The second-order valence-electron chi connectivity index (χ2n) is 5.91. The number of benzene rings is 1. The Morgan fingerprint density at radius 1 is 1.35 bits per heavy atom. The van der Waals surface area contributed by atoms with Gasteiger partial charge in [-0.2, -0.15) is 0 Å². The largest absolute Gasteiger partial charge is 0.391 e. The van der Waals surface area contributed by atoms with Gasteiger partial charge in [-0.05, 0) is 38.4 Å². The van der Waals surface area contributed by atoms with E-state index in [9.17, 15) is 5.11 Å². The van der Waals surface area contributed by atoms with Crippen molar-refractivity contribution in [2.24, 2.45) is 0 Å². The highest BCUT2D eigenvalue weighted by Crippen LogP contribution is 2.33. The van der Waals surface area contributed by atoms with Gasteiger partial charge in [-0.3, -0.25) is 4.90 Å². The predicted octanol–water partition coefficient (Wildman–Crippen LogP) is 2.83. The molecule has 2 rings (SSSR count). The number of aliphatic hydroxyl groups is 1. The van der Waals surface area contributed by atoms with Gasteiger partial charge in [0.2, 0.25) is 0 Å². The van der Waals surface area contributed by atoms with Gasteiger partial charge in [-0.25, -0.2) is 0 Å². The minimum Gasteiger partial charge on any atom is -0.391 e. The van der Waals surface area contributed by atoms with Crippen molar-refractivity contribution in [2.75, 3.05) is 20.2 Å². The van der Waals surface area contributed by atoms with Crippen LogP contribution in [-0.4, -0.2) is 41.8 Å². The van der Waals surface area contributed by atoms with E-state index in [0.717, 1.165) is 32.2 Å². The molecule has 1 heterocycles. The molecule has 3 heteroatoms. The average Bonchev–Trinajstić information content (AvgIpc) is 2.83. The number of hydrogen-bond donors (Lipinski definition) is 1. The van der Waals surface area contributed by atoms with Gasteiger partial charge in [-0.1, -0.05) is 43.7 Å². The van der Waals surface area contributed by atoms with E-state index in [1.165, 1.54) is 5.56 Å². The molecule has 0 amide bonds. The second-order valence-corrected chi connectivity index (χ2v) is 5.91. The van der Waals surface area contributed by atoms with Crippen molar-refractivity contribution in [1.82, 2.24) is 4.90 Å². The van der Waals surface area contributed by atoms with E-state index in [0.29, 0.717) is 13.2 Å². The highest BCUT2D eigenvalue weighted by Gasteiger charge is 2.44. The molecule has 1 aromatic rings. The lowest BCUT2D eigenvalue weighted by Gasteiger charge is -2.40. The molecule has 1 aliphatic heterocycles. The number of likely N-dealkylation sites (N-methyl/N-ethyl adjacent to an activating group) is 1. The molecule has 0 radical (unpaired) electrons. The lowest BCUT2D eigenvalue weighted by atomic mass is 9.87. The molecule has 0 saturated carbocycles. The highest BCUT2D eigenvalue weighted by molar-refractivity contribution is 5.13. The van der Waals surface area contributed by atoms with E-state index in [1.807, 2.05) is 18.2 Å². The van der Waals surface area contributed by atoms with E-state index in [1.54, 1.807) is 0 Å². The van der Waals surface area contributed by atoms with Crippen LogP contribution in [-0.2, 0) is 11.3 Å². The fraction of sp³-hybridized carbons (Fsp3) is 0.647. The zero-order valence-corrected chi connectivity index (χ0v) is 12.7. The first-order valence-corrected chi connectivity index (χ1v) is 7.70. The molecule has 0 spiro atoms. The molecule has 3 nitrogen and oxygen atoms in total. The fourth-order valence-electron chi connectivity index (χ4n) is 3.20. The molecule has 112 valence electrons. The summed E-state index contributed by atoms with van der Waals surface area (Å²) in [5.74, 6) is 0. The third-order valence-electron chi connectivity index (χ3n) is 4.51. The van der Waals surface area contributed by atoms with Crippen LogP contribution in [0.15, 0.2) is 30.3 Å². The third kappa shape index (κ3) is 3.40. The van der Waals surface area contributed by atoms with Gasteiger partial charge in [0.15, 0.2) is 0 Å². The summed E-state index contributed by atoms with van der Waals surface area (Å²) in [5.41, 5.74) is 0.999. The van der Waals surface area contributed by atoms with Crippen molar-refractivity contribution in [3.63, 3.8) is 0 Å². The molecule has 2 unspecified atom stereocenters. The maximum Gasteiger partial charge on any atom is 0.0746 e. The van der Waals surface area contributed by atoms with E-state index in [-0.39, 0.29) is 11.6 Å². The number of likely N-dealkylation sites (tertiary alicyclic amines) is 1. The van der Waals surface area contributed by atoms with Gasteiger partial charge < -0.3 is 9.84 Å². The zero-order valence-electron chi connectivity index (χ0n) is 12.7. The SMILES string of the molecule is CCCC(O)C1(COCc2ccccc2)CCCN1C. The molecule has 0 aliphatic carbocycles. The molecule has 1 fully saturated rings. The maximum absolute atomic E-state index is 10.5. The average molecular weight is 277 g/mol. The Morgan fingerprint density at radius 2 is 2.10 bits per heavy atom. The number of hydrogen-bond acceptors (Lipinski definition) is 3. The van der Waals surface area contributed by atoms with Gasteiger partial charge in [0, 0.05) is 0 Å². The monoisotopic (exact) mass is 277 g/mol. The molecular weight excluding hydrogens is 250 g/mol. The molecule has 20 heavy (non-hydrogen) atoms. The second kappa shape index (κ2) is 7.21. The summed E-state index contributed by atoms with van der Waals surface area (Å²) in [6.07, 6.45) is 3.73. The van der Waals surface area contributed by atoms with E-state index >= 15 is 0 Å². The standard InChI is InChI=1S/C17H27NO2/c1-3-8-16(19)17(11-7-12-18(17)2)14-20-13-15-9-5-4-6-10-15/h4-6,9-10,16,19H,3,7-8,11-14H2,1-2H3. The quantitative estimate of drug-likeness (QED) is 0.832. The Labute approximate surface area is 122 Å². The Kier molecular flexibility index (Phi) is 5.58. The van der Waals surface area contributed by atoms with Gasteiger partial charge in [-0.15, -0.1) is 0 Å². The third-order valence-corrected chi connectivity index (χ3v) is 4.51. The Hall–Kier alpha value is -0.900. The smallest absolute Gasteiger partial charge is 0.0746 e. The minimum atomic E-state index is -0.296. The summed E-state index contributed by atoms with van der Waals surface area (Å²) >= 11 is 0. The van der Waals surface area contributed by atoms with Crippen LogP contribution in [0.4, 0.5) is 0 Å². The zero-order chi connectivity index (χ0) is 14.4. The van der Waals surface area contributed by atoms with Crippen LogP contribution < -0.4 is 0 Å². The Morgan fingerprint density at radius 3 is 2.70 bits per heavy atom. The number of aliphatic hydroxyl groups excluding tert-OH is 1. The molecule has 1 N–H and O–H groups in total. The molecule has 1 saturated heterocycles. The lowest BCUT2D eigenvalue weighted by molar-refractivity contribution is -0.0617. The van der Waals surface area contributed by atoms with E-state index in [2.05, 4.69) is 31.0 Å². The Balaban J connectivity index is 1.95. The first-order chi connectivity index (χ1) is 9.69. The predicted molar refractivity (Wildman–Crippen MR) is 81.6 cm³/mol. The van der Waals surface area contributed by atoms with Crippen molar-refractivity contribution in [3.8, 4) is 0 Å². The van der Waals surface area contributed by atoms with E-state index in [4.69, 9.17) is 4.74 Å². The van der Waals surface area contributed by atoms with E-state index < -0.39 is 0 Å². The normalized spacial score (nSPS) is 24.9. The number of nitrogens with zero attached hydrogens (tertiary/aromatic N) is 1. The van der Waals surface area contributed by atoms with Gasteiger partial charge in [0.25, 0.3) is 0 Å². The molecule has 0 aromatic heterocycles. The highest BCUT2D eigenvalue weighted by atomic mass is 16.5. The topological polar surface area (TPSA) is 32.7 Å². The minimum absolute atomic E-state index is 0.190. The van der Waals surface area contributed by atoms with Gasteiger partial charge in [0.1, 0.15) is 0 Å². The maximum atomic E-state index is 10.5. The van der Waals surface area contributed by atoms with Crippen molar-refractivity contribution < 1.29 is 9.84 Å². The van der Waals surface area contributed by atoms with Crippen LogP contribution in [0.3, 0.4) is 0 Å². The van der Waals surface area contributed by atoms with Crippen LogP contribution in [0.1, 0.15) is 38.2 Å². The van der Waals surface area contributed by atoms with Crippen molar-refractivity contribution in [3.05, 3.63) is 35.9 Å². The van der Waals surface area contributed by atoms with Gasteiger partial charge >= 0.3 is 0 Å². The van der Waals surface area contributed by atoms with Crippen LogP contribution in [0.2, 0.25) is 0 Å². The van der Waals surface area contributed by atoms with Crippen molar-refractivity contribution in [1.29, 1.82) is 0 Å². The summed E-state index contributed by atoms with van der Waals surface area (Å²) in [4.78, 5) is 2.29. The fourth-order valence-corrected chi connectivity index (χ4v) is 3.20. The summed E-state index contributed by atoms with van der Waals surface area (Å²) in [6, 6.07) is 10.2. The molecule has 1 aromatic carbocycles. The summed E-state index contributed by atoms with van der Waals surface area (Å²) in [7, 11) is 2.11. The van der Waals surface area contributed by atoms with Crippen molar-refractivity contribution in [2.45, 2.75) is 50.9 Å². The first kappa shape index (κ1) is 15.5. The molecule has 0 bridgehead atoms. The molecule has 1 aliphatic rings. The number of rotatable bonds is 7. The summed E-state index contributed by atoms with van der Waals surface area (Å²) in [5, 5.41) is 10.5. The van der Waals surface area contributed by atoms with Crippen molar-refractivity contribution >= 4 is 0 Å². The lowest BCUT2D eigenvalue weighted by Crippen LogP contribution is -2.54. The number of ether oxygens (including phenoxy) is 1. The summed E-state index contributed by atoms with van der Waals surface area (Å²) < 4.78 is 5.94. The van der Waals surface area contributed by atoms with Crippen LogP contribution >= 0.6 is 0 Å². The summed E-state index contributed by atoms with van der Waals surface area (Å²) in [6.45, 7) is 4.40. The van der Waals surface area contributed by atoms with Crippen LogP contribution in [0, 0.1) is 0 Å². The van der Waals surface area contributed by atoms with Crippen LogP contribution in [0.25, 0.3) is 0 Å². The Bertz CT molecular complexity index is 395. The molecule has 2 atom stereocenters. The molecular formula is C17H27NO2. The van der Waals surface area contributed by atoms with Gasteiger partial charge in [0.05, 0.1) is 24.9 Å².